The van der Waals surface area contributed by atoms with Crippen molar-refractivity contribution in [2.45, 2.75) is 32.4 Å². The minimum Gasteiger partial charge on any atom is -0.488 e. The van der Waals surface area contributed by atoms with E-state index < -0.39 is 11.6 Å². The Morgan fingerprint density at radius 3 is 2.69 bits per heavy atom. The fourth-order valence-corrected chi connectivity index (χ4v) is 3.18. The third kappa shape index (κ3) is 5.90. The van der Waals surface area contributed by atoms with Gasteiger partial charge in [0.2, 0.25) is 0 Å². The van der Waals surface area contributed by atoms with Crippen molar-refractivity contribution in [3.8, 4) is 5.75 Å². The van der Waals surface area contributed by atoms with Crippen LogP contribution in [0.1, 0.15) is 23.1 Å². The molecule has 1 heterocycles. The molecule has 7 heteroatoms. The Balaban J connectivity index is 1.55. The first kappa shape index (κ1) is 21.0. The van der Waals surface area contributed by atoms with Gasteiger partial charge in [-0.05, 0) is 37.1 Å². The third-order valence-electron chi connectivity index (χ3n) is 4.80. The number of aryl methyl sites for hydroxylation is 1. The molecule has 1 saturated heterocycles. The number of nitrogens with zero attached hydrogens (tertiary/aromatic N) is 1. The fraction of sp³-hybridized carbons (Fsp3) is 0.409. The van der Waals surface area contributed by atoms with Crippen LogP contribution in [0.15, 0.2) is 41.4 Å². The maximum atomic E-state index is 13.7. The minimum atomic E-state index is -0.535. The molecular formula is C22H27F2N3O2. The van der Waals surface area contributed by atoms with Crippen molar-refractivity contribution in [2.75, 3.05) is 26.8 Å². The summed E-state index contributed by atoms with van der Waals surface area (Å²) in [5, 5.41) is 6.32. The zero-order chi connectivity index (χ0) is 20.6. The molecule has 1 fully saturated rings. The highest BCUT2D eigenvalue weighted by Crippen LogP contribution is 2.23. The quantitative estimate of drug-likeness (QED) is 0.550. The number of nitrogens with one attached hydrogen (secondary N) is 2. The standard InChI is InChI=1S/C22H27F2N3O2/c1-15-6-7-16(21(12-15)29-17-9-11-28-14-17)13-27-22(25-2)26-10-8-18-19(23)4-3-5-20(18)24/h3-7,12,17H,8-11,13-14H2,1-2H3,(H2,25,26,27). The highest BCUT2D eigenvalue weighted by atomic mass is 19.1. The van der Waals surface area contributed by atoms with Crippen molar-refractivity contribution in [1.82, 2.24) is 10.6 Å². The molecule has 2 aromatic carbocycles. The molecule has 5 nitrogen and oxygen atoms in total. The summed E-state index contributed by atoms with van der Waals surface area (Å²) in [6, 6.07) is 9.97. The lowest BCUT2D eigenvalue weighted by Gasteiger charge is -2.18. The fourth-order valence-electron chi connectivity index (χ4n) is 3.18. The summed E-state index contributed by atoms with van der Waals surface area (Å²) in [5.41, 5.74) is 2.20. The Morgan fingerprint density at radius 1 is 1.21 bits per heavy atom. The first-order valence-corrected chi connectivity index (χ1v) is 9.78. The second kappa shape index (κ2) is 10.2. The van der Waals surface area contributed by atoms with E-state index in [2.05, 4.69) is 15.6 Å². The number of benzene rings is 2. The number of ether oxygens (including phenoxy) is 2. The van der Waals surface area contributed by atoms with Gasteiger partial charge in [0, 0.05) is 37.7 Å². The molecule has 1 unspecified atom stereocenters. The van der Waals surface area contributed by atoms with E-state index in [1.807, 2.05) is 25.1 Å². The summed E-state index contributed by atoms with van der Waals surface area (Å²) in [6.45, 7) is 4.22. The van der Waals surface area contributed by atoms with Crippen LogP contribution in [0, 0.1) is 18.6 Å². The van der Waals surface area contributed by atoms with Crippen molar-refractivity contribution >= 4 is 5.96 Å². The SMILES string of the molecule is CN=C(NCCc1c(F)cccc1F)NCc1ccc(C)cc1OC1CCOC1. The van der Waals surface area contributed by atoms with Crippen LogP contribution in [0.25, 0.3) is 0 Å². The topological polar surface area (TPSA) is 54.9 Å². The molecule has 0 saturated carbocycles. The summed E-state index contributed by atoms with van der Waals surface area (Å²) in [7, 11) is 1.65. The molecule has 2 aromatic rings. The molecule has 0 bridgehead atoms. The van der Waals surface area contributed by atoms with Gasteiger partial charge in [0.25, 0.3) is 0 Å². The Bertz CT molecular complexity index is 832. The van der Waals surface area contributed by atoms with Crippen molar-refractivity contribution in [3.63, 3.8) is 0 Å². The van der Waals surface area contributed by atoms with Crippen molar-refractivity contribution < 1.29 is 18.3 Å². The van der Waals surface area contributed by atoms with Crippen LogP contribution < -0.4 is 15.4 Å². The average molecular weight is 403 g/mol. The average Bonchev–Trinajstić information content (AvgIpc) is 3.21. The maximum Gasteiger partial charge on any atom is 0.191 e. The van der Waals surface area contributed by atoms with Crippen LogP contribution >= 0.6 is 0 Å². The van der Waals surface area contributed by atoms with Crippen LogP contribution in [-0.4, -0.2) is 38.9 Å². The third-order valence-corrected chi connectivity index (χ3v) is 4.80. The van der Waals surface area contributed by atoms with E-state index >= 15 is 0 Å². The van der Waals surface area contributed by atoms with Crippen LogP contribution in [-0.2, 0) is 17.7 Å². The molecule has 0 aromatic heterocycles. The number of rotatable bonds is 7. The Labute approximate surface area is 170 Å². The van der Waals surface area contributed by atoms with E-state index in [0.29, 0.717) is 25.7 Å². The van der Waals surface area contributed by atoms with Gasteiger partial charge in [0.1, 0.15) is 23.5 Å². The van der Waals surface area contributed by atoms with Gasteiger partial charge in [-0.15, -0.1) is 0 Å². The molecule has 2 N–H and O–H groups in total. The molecule has 0 aliphatic carbocycles. The highest BCUT2D eigenvalue weighted by molar-refractivity contribution is 5.79. The molecule has 0 amide bonds. The predicted molar refractivity (Wildman–Crippen MR) is 109 cm³/mol. The largest absolute Gasteiger partial charge is 0.488 e. The first-order chi connectivity index (χ1) is 14.1. The number of aliphatic imine (C=N–C) groups is 1. The van der Waals surface area contributed by atoms with Crippen LogP contribution in [0.3, 0.4) is 0 Å². The van der Waals surface area contributed by atoms with E-state index in [1.165, 1.54) is 18.2 Å². The second-order valence-corrected chi connectivity index (χ2v) is 7.02. The highest BCUT2D eigenvalue weighted by Gasteiger charge is 2.19. The van der Waals surface area contributed by atoms with Gasteiger partial charge < -0.3 is 20.1 Å². The van der Waals surface area contributed by atoms with E-state index in [1.54, 1.807) is 7.05 Å². The molecule has 156 valence electrons. The zero-order valence-electron chi connectivity index (χ0n) is 16.8. The molecular weight excluding hydrogens is 376 g/mol. The molecule has 1 aliphatic rings. The van der Waals surface area contributed by atoms with Gasteiger partial charge >= 0.3 is 0 Å². The molecule has 1 aliphatic heterocycles. The van der Waals surface area contributed by atoms with E-state index in [0.717, 1.165) is 29.9 Å². The Kier molecular flexibility index (Phi) is 7.41. The molecule has 3 rings (SSSR count). The maximum absolute atomic E-state index is 13.7. The van der Waals surface area contributed by atoms with Crippen LogP contribution in [0.2, 0.25) is 0 Å². The molecule has 0 radical (unpaired) electrons. The van der Waals surface area contributed by atoms with Gasteiger partial charge in [-0.25, -0.2) is 8.78 Å². The van der Waals surface area contributed by atoms with Crippen LogP contribution in [0.5, 0.6) is 5.75 Å². The van der Waals surface area contributed by atoms with Gasteiger partial charge in [0.05, 0.1) is 13.2 Å². The summed E-state index contributed by atoms with van der Waals surface area (Å²) < 4.78 is 39.0. The minimum absolute atomic E-state index is 0.0726. The van der Waals surface area contributed by atoms with Crippen molar-refractivity contribution in [1.29, 1.82) is 0 Å². The van der Waals surface area contributed by atoms with Gasteiger partial charge in [0.15, 0.2) is 5.96 Å². The molecule has 1 atom stereocenters. The Morgan fingerprint density at radius 2 is 2.00 bits per heavy atom. The van der Waals surface area contributed by atoms with E-state index in [-0.39, 0.29) is 18.1 Å². The predicted octanol–water partition coefficient (Wildman–Crippen LogP) is 3.35. The molecule has 29 heavy (non-hydrogen) atoms. The van der Waals surface area contributed by atoms with E-state index in [9.17, 15) is 8.78 Å². The number of halogens is 2. The number of hydrogen-bond acceptors (Lipinski definition) is 3. The zero-order valence-corrected chi connectivity index (χ0v) is 16.8. The van der Waals surface area contributed by atoms with Crippen molar-refractivity contribution in [3.05, 3.63) is 64.7 Å². The van der Waals surface area contributed by atoms with E-state index in [4.69, 9.17) is 9.47 Å². The summed E-state index contributed by atoms with van der Waals surface area (Å²) in [4.78, 5) is 4.18. The smallest absolute Gasteiger partial charge is 0.191 e. The van der Waals surface area contributed by atoms with Crippen LogP contribution in [0.4, 0.5) is 8.78 Å². The normalized spacial score (nSPS) is 16.7. The van der Waals surface area contributed by atoms with Gasteiger partial charge in [-0.1, -0.05) is 18.2 Å². The Hall–Kier alpha value is -2.67. The first-order valence-electron chi connectivity index (χ1n) is 9.78. The molecule has 0 spiro atoms. The summed E-state index contributed by atoms with van der Waals surface area (Å²) >= 11 is 0. The summed E-state index contributed by atoms with van der Waals surface area (Å²) in [6.07, 6.45) is 1.18. The lowest BCUT2D eigenvalue weighted by atomic mass is 10.1. The monoisotopic (exact) mass is 403 g/mol. The number of guanidine groups is 1. The second-order valence-electron chi connectivity index (χ2n) is 7.02. The van der Waals surface area contributed by atoms with Gasteiger partial charge in [-0.3, -0.25) is 4.99 Å². The lowest BCUT2D eigenvalue weighted by molar-refractivity contribution is 0.140. The van der Waals surface area contributed by atoms with Gasteiger partial charge in [-0.2, -0.15) is 0 Å². The summed E-state index contributed by atoms with van der Waals surface area (Å²) in [5.74, 6) is 0.313. The lowest BCUT2D eigenvalue weighted by Crippen LogP contribution is -2.38. The number of hydrogen-bond donors (Lipinski definition) is 2. The van der Waals surface area contributed by atoms with Crippen molar-refractivity contribution in [2.24, 2.45) is 4.99 Å².